The molecular formula is C15H22N4O2S. The molecule has 3 rings (SSSR count). The molecule has 1 aliphatic heterocycles. The Kier molecular flexibility index (Phi) is 4.20. The maximum Gasteiger partial charge on any atom is 0.213 e. The van der Waals surface area contributed by atoms with Crippen LogP contribution in [0.15, 0.2) is 24.3 Å². The number of likely N-dealkylation sites (tertiary alicyclic amines) is 1. The van der Waals surface area contributed by atoms with E-state index in [4.69, 9.17) is 0 Å². The van der Waals surface area contributed by atoms with Crippen molar-refractivity contribution in [3.05, 3.63) is 30.1 Å². The predicted octanol–water partition coefficient (Wildman–Crippen LogP) is 1.24. The van der Waals surface area contributed by atoms with E-state index in [0.29, 0.717) is 12.3 Å². The van der Waals surface area contributed by atoms with Crippen molar-refractivity contribution in [1.29, 1.82) is 0 Å². The van der Waals surface area contributed by atoms with Gasteiger partial charge in [-0.05, 0) is 25.1 Å². The fourth-order valence-electron chi connectivity index (χ4n) is 2.74. The highest BCUT2D eigenvalue weighted by molar-refractivity contribution is 7.89. The number of nitrogens with zero attached hydrogens (tertiary/aromatic N) is 3. The molecule has 2 heterocycles. The van der Waals surface area contributed by atoms with E-state index >= 15 is 0 Å². The fourth-order valence-corrected chi connectivity index (χ4v) is 3.60. The third kappa shape index (κ3) is 3.16. The molecule has 120 valence electrons. The van der Waals surface area contributed by atoms with Gasteiger partial charge in [0.1, 0.15) is 5.82 Å². The van der Waals surface area contributed by atoms with Gasteiger partial charge in [-0.1, -0.05) is 12.1 Å². The Morgan fingerprint density at radius 3 is 2.73 bits per heavy atom. The first-order chi connectivity index (χ1) is 10.5. The first kappa shape index (κ1) is 15.5. The van der Waals surface area contributed by atoms with Crippen LogP contribution in [0, 0.1) is 0 Å². The number of nitrogens with one attached hydrogen (secondary N) is 1. The molecule has 0 spiro atoms. The second kappa shape index (κ2) is 5.98. The third-order valence-corrected chi connectivity index (χ3v) is 6.10. The van der Waals surface area contributed by atoms with Crippen LogP contribution in [0.25, 0.3) is 11.0 Å². The summed E-state index contributed by atoms with van der Waals surface area (Å²) in [6, 6.07) is 8.04. The quantitative estimate of drug-likeness (QED) is 0.869. The van der Waals surface area contributed by atoms with E-state index in [1.807, 2.05) is 24.3 Å². The van der Waals surface area contributed by atoms with E-state index in [-0.39, 0.29) is 5.75 Å². The minimum absolute atomic E-state index is 0.214. The SMILES string of the molecule is CN(C)S(=O)(=O)CCCN1CC(c2nc3ccccc3[nH]2)C1. The van der Waals surface area contributed by atoms with Gasteiger partial charge in [0.05, 0.1) is 16.8 Å². The summed E-state index contributed by atoms with van der Waals surface area (Å²) in [6.45, 7) is 2.72. The Morgan fingerprint density at radius 1 is 1.32 bits per heavy atom. The van der Waals surface area contributed by atoms with Crippen molar-refractivity contribution in [3.63, 3.8) is 0 Å². The molecule has 0 aliphatic carbocycles. The molecule has 0 bridgehead atoms. The van der Waals surface area contributed by atoms with Crippen molar-refractivity contribution >= 4 is 21.1 Å². The van der Waals surface area contributed by atoms with Gasteiger partial charge >= 0.3 is 0 Å². The van der Waals surface area contributed by atoms with Gasteiger partial charge in [0, 0.05) is 33.1 Å². The summed E-state index contributed by atoms with van der Waals surface area (Å²) in [5.74, 6) is 1.68. The molecular weight excluding hydrogens is 300 g/mol. The number of aromatic nitrogens is 2. The number of sulfonamides is 1. The molecule has 0 amide bonds. The zero-order valence-corrected chi connectivity index (χ0v) is 13.8. The Hall–Kier alpha value is -1.44. The molecule has 2 aromatic rings. The van der Waals surface area contributed by atoms with Gasteiger partial charge in [0.25, 0.3) is 0 Å². The molecule has 7 heteroatoms. The molecule has 1 aromatic heterocycles. The van der Waals surface area contributed by atoms with Crippen molar-refractivity contribution in [2.24, 2.45) is 0 Å². The van der Waals surface area contributed by atoms with Crippen LogP contribution < -0.4 is 0 Å². The van der Waals surface area contributed by atoms with Crippen LogP contribution in [0.3, 0.4) is 0 Å². The van der Waals surface area contributed by atoms with Gasteiger partial charge in [-0.2, -0.15) is 0 Å². The average molecular weight is 322 g/mol. The number of H-pyrrole nitrogens is 1. The molecule has 0 radical (unpaired) electrons. The summed E-state index contributed by atoms with van der Waals surface area (Å²) in [6.07, 6.45) is 0.674. The number of imidazole rings is 1. The monoisotopic (exact) mass is 322 g/mol. The van der Waals surface area contributed by atoms with Gasteiger partial charge in [-0.15, -0.1) is 0 Å². The summed E-state index contributed by atoms with van der Waals surface area (Å²) in [5.41, 5.74) is 2.08. The number of fused-ring (bicyclic) bond motifs is 1. The molecule has 0 unspecified atom stereocenters. The molecule has 1 saturated heterocycles. The third-order valence-electron chi connectivity index (χ3n) is 4.18. The van der Waals surface area contributed by atoms with Gasteiger partial charge in [0.15, 0.2) is 0 Å². The highest BCUT2D eigenvalue weighted by Crippen LogP contribution is 2.26. The zero-order chi connectivity index (χ0) is 15.7. The van der Waals surface area contributed by atoms with Crippen molar-refractivity contribution < 1.29 is 8.42 Å². The maximum absolute atomic E-state index is 11.7. The lowest BCUT2D eigenvalue weighted by Crippen LogP contribution is -2.46. The van der Waals surface area contributed by atoms with E-state index in [2.05, 4.69) is 14.9 Å². The average Bonchev–Trinajstić information content (AvgIpc) is 2.84. The molecule has 1 N–H and O–H groups in total. The molecule has 0 atom stereocenters. The summed E-state index contributed by atoms with van der Waals surface area (Å²) in [4.78, 5) is 10.3. The van der Waals surface area contributed by atoms with E-state index in [0.717, 1.165) is 36.5 Å². The first-order valence-electron chi connectivity index (χ1n) is 7.53. The van der Waals surface area contributed by atoms with Gasteiger partial charge < -0.3 is 9.88 Å². The lowest BCUT2D eigenvalue weighted by atomic mass is 9.99. The molecule has 6 nitrogen and oxygen atoms in total. The number of hydrogen-bond acceptors (Lipinski definition) is 4. The minimum atomic E-state index is -3.07. The molecule has 22 heavy (non-hydrogen) atoms. The predicted molar refractivity (Wildman–Crippen MR) is 87.4 cm³/mol. The van der Waals surface area contributed by atoms with Gasteiger partial charge in [-0.3, -0.25) is 0 Å². The highest BCUT2D eigenvalue weighted by Gasteiger charge is 2.30. The second-order valence-electron chi connectivity index (χ2n) is 6.05. The number of hydrogen-bond donors (Lipinski definition) is 1. The zero-order valence-electron chi connectivity index (χ0n) is 13.0. The fraction of sp³-hybridized carbons (Fsp3) is 0.533. The van der Waals surface area contributed by atoms with E-state index in [1.165, 1.54) is 4.31 Å². The standard InChI is InChI=1S/C15H22N4O2S/c1-18(2)22(20,21)9-5-8-19-10-12(11-19)15-16-13-6-3-4-7-14(13)17-15/h3-4,6-7,12H,5,8-11H2,1-2H3,(H,16,17). The Labute approximate surface area is 131 Å². The van der Waals surface area contributed by atoms with Crippen LogP contribution in [-0.4, -0.2) is 67.1 Å². The summed E-state index contributed by atoms with van der Waals surface area (Å²) >= 11 is 0. The Morgan fingerprint density at radius 2 is 2.05 bits per heavy atom. The largest absolute Gasteiger partial charge is 0.342 e. The van der Waals surface area contributed by atoms with Crippen LogP contribution in [0.4, 0.5) is 0 Å². The molecule has 0 saturated carbocycles. The van der Waals surface area contributed by atoms with Crippen LogP contribution in [0.5, 0.6) is 0 Å². The number of rotatable bonds is 6. The number of para-hydroxylation sites is 2. The van der Waals surface area contributed by atoms with Crippen LogP contribution in [0.2, 0.25) is 0 Å². The van der Waals surface area contributed by atoms with Crippen molar-refractivity contribution in [1.82, 2.24) is 19.2 Å². The van der Waals surface area contributed by atoms with Crippen LogP contribution in [-0.2, 0) is 10.0 Å². The van der Waals surface area contributed by atoms with E-state index in [9.17, 15) is 8.42 Å². The van der Waals surface area contributed by atoms with E-state index in [1.54, 1.807) is 14.1 Å². The molecule has 1 fully saturated rings. The first-order valence-corrected chi connectivity index (χ1v) is 9.14. The lowest BCUT2D eigenvalue weighted by Gasteiger charge is -2.38. The van der Waals surface area contributed by atoms with Gasteiger partial charge in [-0.25, -0.2) is 17.7 Å². The molecule has 1 aromatic carbocycles. The minimum Gasteiger partial charge on any atom is -0.342 e. The van der Waals surface area contributed by atoms with Crippen LogP contribution >= 0.6 is 0 Å². The van der Waals surface area contributed by atoms with E-state index < -0.39 is 10.0 Å². The smallest absolute Gasteiger partial charge is 0.213 e. The number of benzene rings is 1. The second-order valence-corrected chi connectivity index (χ2v) is 8.35. The number of aromatic amines is 1. The summed E-state index contributed by atoms with van der Waals surface area (Å²) in [7, 11) is 0.0870. The van der Waals surface area contributed by atoms with Crippen LogP contribution in [0.1, 0.15) is 18.2 Å². The summed E-state index contributed by atoms with van der Waals surface area (Å²) < 4.78 is 24.7. The maximum atomic E-state index is 11.7. The lowest BCUT2D eigenvalue weighted by molar-refractivity contribution is 0.144. The van der Waals surface area contributed by atoms with Crippen molar-refractivity contribution in [2.75, 3.05) is 39.5 Å². The Bertz CT molecular complexity index is 715. The summed E-state index contributed by atoms with van der Waals surface area (Å²) in [5, 5.41) is 0. The molecule has 1 aliphatic rings. The topological polar surface area (TPSA) is 69.3 Å². The van der Waals surface area contributed by atoms with Gasteiger partial charge in [0.2, 0.25) is 10.0 Å². The van der Waals surface area contributed by atoms with Crippen molar-refractivity contribution in [2.45, 2.75) is 12.3 Å². The Balaban J connectivity index is 1.48. The normalized spacial score (nSPS) is 17.2. The van der Waals surface area contributed by atoms with Crippen molar-refractivity contribution in [3.8, 4) is 0 Å². The highest BCUT2D eigenvalue weighted by atomic mass is 32.2.